The molecular weight excluding hydrogens is 276 g/mol. The van der Waals surface area contributed by atoms with Crippen LogP contribution in [-0.2, 0) is 0 Å². The highest BCUT2D eigenvalue weighted by Crippen LogP contribution is 2.30. The summed E-state index contributed by atoms with van der Waals surface area (Å²) in [6, 6.07) is 8.93. The van der Waals surface area contributed by atoms with Crippen molar-refractivity contribution in [1.82, 2.24) is 4.98 Å². The zero-order valence-electron chi connectivity index (χ0n) is 9.52. The second kappa shape index (κ2) is 5.75. The SMILES string of the molecule is O=C(c1ccccn1)c1cccc(OC(F)F)c1Cl. The monoisotopic (exact) mass is 283 g/mol. The Bertz CT molecular complexity index is 590. The third kappa shape index (κ3) is 3.06. The molecule has 0 amide bonds. The number of carbonyl (C=O) groups is 1. The lowest BCUT2D eigenvalue weighted by molar-refractivity contribution is -0.0498. The fraction of sp³-hybridized carbons (Fsp3) is 0.0769. The number of ketones is 1. The van der Waals surface area contributed by atoms with Gasteiger partial charge in [-0.15, -0.1) is 0 Å². The van der Waals surface area contributed by atoms with Crippen LogP contribution in [0.5, 0.6) is 5.75 Å². The molecule has 0 fully saturated rings. The molecule has 0 unspecified atom stereocenters. The average molecular weight is 284 g/mol. The van der Waals surface area contributed by atoms with Gasteiger partial charge < -0.3 is 4.74 Å². The quantitative estimate of drug-likeness (QED) is 0.805. The smallest absolute Gasteiger partial charge is 0.387 e. The molecule has 0 N–H and O–H groups in total. The van der Waals surface area contributed by atoms with Gasteiger partial charge in [0.25, 0.3) is 0 Å². The van der Waals surface area contributed by atoms with Gasteiger partial charge in [-0.3, -0.25) is 9.78 Å². The first-order valence-electron chi connectivity index (χ1n) is 5.28. The van der Waals surface area contributed by atoms with Crippen LogP contribution in [0.25, 0.3) is 0 Å². The Morgan fingerprint density at radius 1 is 1.21 bits per heavy atom. The molecule has 1 aromatic carbocycles. The highest BCUT2D eigenvalue weighted by atomic mass is 35.5. The maximum Gasteiger partial charge on any atom is 0.387 e. The molecule has 0 spiro atoms. The maximum atomic E-state index is 12.2. The van der Waals surface area contributed by atoms with Crippen LogP contribution in [0.2, 0.25) is 5.02 Å². The molecule has 0 bridgehead atoms. The Labute approximate surface area is 112 Å². The number of aromatic nitrogens is 1. The Hall–Kier alpha value is -2.01. The van der Waals surface area contributed by atoms with E-state index in [-0.39, 0.29) is 22.0 Å². The Balaban J connectivity index is 2.38. The molecule has 0 saturated carbocycles. The summed E-state index contributed by atoms with van der Waals surface area (Å²) < 4.78 is 28.6. The largest absolute Gasteiger partial charge is 0.433 e. The van der Waals surface area contributed by atoms with Crippen LogP contribution in [0, 0.1) is 0 Å². The summed E-state index contributed by atoms with van der Waals surface area (Å²) in [6.07, 6.45) is 1.46. The van der Waals surface area contributed by atoms with Gasteiger partial charge in [-0.1, -0.05) is 23.7 Å². The number of rotatable bonds is 4. The van der Waals surface area contributed by atoms with Crippen molar-refractivity contribution in [2.75, 3.05) is 0 Å². The number of hydrogen-bond acceptors (Lipinski definition) is 3. The van der Waals surface area contributed by atoms with Crippen molar-refractivity contribution in [2.24, 2.45) is 0 Å². The summed E-state index contributed by atoms with van der Waals surface area (Å²) in [5.74, 6) is -0.691. The van der Waals surface area contributed by atoms with E-state index in [0.29, 0.717) is 0 Å². The predicted molar refractivity (Wildman–Crippen MR) is 65.8 cm³/mol. The normalized spacial score (nSPS) is 10.5. The third-order valence-corrected chi connectivity index (χ3v) is 2.71. The minimum absolute atomic E-state index is 0.0681. The van der Waals surface area contributed by atoms with Crippen LogP contribution in [0.3, 0.4) is 0 Å². The summed E-state index contributed by atoms with van der Waals surface area (Å²) in [7, 11) is 0. The van der Waals surface area contributed by atoms with Gasteiger partial charge in [0.1, 0.15) is 11.4 Å². The lowest BCUT2D eigenvalue weighted by Gasteiger charge is -2.09. The van der Waals surface area contributed by atoms with Crippen molar-refractivity contribution >= 4 is 17.4 Å². The van der Waals surface area contributed by atoms with Crippen LogP contribution in [0.4, 0.5) is 8.78 Å². The summed E-state index contributed by atoms with van der Waals surface area (Å²) in [5.41, 5.74) is 0.247. The number of hydrogen-bond donors (Lipinski definition) is 0. The first-order chi connectivity index (χ1) is 9.09. The number of halogens is 3. The van der Waals surface area contributed by atoms with Crippen molar-refractivity contribution in [3.05, 3.63) is 58.9 Å². The minimum Gasteiger partial charge on any atom is -0.433 e. The van der Waals surface area contributed by atoms with E-state index < -0.39 is 12.4 Å². The zero-order valence-corrected chi connectivity index (χ0v) is 10.3. The summed E-state index contributed by atoms with van der Waals surface area (Å²) in [4.78, 5) is 16.0. The molecule has 3 nitrogen and oxygen atoms in total. The average Bonchev–Trinajstić information content (AvgIpc) is 2.41. The summed E-state index contributed by atoms with van der Waals surface area (Å²) in [6.45, 7) is -3.00. The molecule has 98 valence electrons. The maximum absolute atomic E-state index is 12.2. The van der Waals surface area contributed by atoms with Gasteiger partial charge in [-0.25, -0.2) is 0 Å². The second-order valence-corrected chi connectivity index (χ2v) is 3.92. The fourth-order valence-electron chi connectivity index (χ4n) is 1.51. The molecule has 2 aromatic rings. The van der Waals surface area contributed by atoms with E-state index in [4.69, 9.17) is 11.6 Å². The van der Waals surface area contributed by atoms with E-state index in [0.717, 1.165) is 0 Å². The number of benzene rings is 1. The molecule has 19 heavy (non-hydrogen) atoms. The van der Waals surface area contributed by atoms with E-state index >= 15 is 0 Å². The number of nitrogens with zero attached hydrogens (tertiary/aromatic N) is 1. The lowest BCUT2D eigenvalue weighted by atomic mass is 10.1. The third-order valence-electron chi connectivity index (χ3n) is 2.32. The Kier molecular flexibility index (Phi) is 4.06. The summed E-state index contributed by atoms with van der Waals surface area (Å²) >= 11 is 5.89. The lowest BCUT2D eigenvalue weighted by Crippen LogP contribution is -2.07. The second-order valence-electron chi connectivity index (χ2n) is 3.54. The van der Waals surface area contributed by atoms with E-state index in [1.54, 1.807) is 12.1 Å². The van der Waals surface area contributed by atoms with E-state index in [1.165, 1.54) is 30.5 Å². The van der Waals surface area contributed by atoms with Gasteiger partial charge in [0.2, 0.25) is 5.78 Å². The molecule has 0 aliphatic heterocycles. The Morgan fingerprint density at radius 3 is 2.63 bits per heavy atom. The number of alkyl halides is 2. The van der Waals surface area contributed by atoms with Gasteiger partial charge >= 0.3 is 6.61 Å². The minimum atomic E-state index is -3.00. The first-order valence-corrected chi connectivity index (χ1v) is 5.66. The number of carbonyl (C=O) groups excluding carboxylic acids is 1. The van der Waals surface area contributed by atoms with Gasteiger partial charge in [-0.05, 0) is 24.3 Å². The van der Waals surface area contributed by atoms with Gasteiger partial charge in [-0.2, -0.15) is 8.78 Å². The van der Waals surface area contributed by atoms with E-state index in [1.807, 2.05) is 0 Å². The molecule has 1 heterocycles. The van der Waals surface area contributed by atoms with Crippen LogP contribution in [0.1, 0.15) is 16.1 Å². The fourth-order valence-corrected chi connectivity index (χ4v) is 1.76. The molecule has 1 aromatic heterocycles. The highest BCUT2D eigenvalue weighted by molar-refractivity contribution is 6.36. The van der Waals surface area contributed by atoms with Crippen LogP contribution in [-0.4, -0.2) is 17.4 Å². The molecule has 2 rings (SSSR count). The predicted octanol–water partition coefficient (Wildman–Crippen LogP) is 3.57. The molecule has 0 aliphatic carbocycles. The number of ether oxygens (including phenoxy) is 1. The van der Waals surface area contributed by atoms with Gasteiger partial charge in [0.05, 0.1) is 5.02 Å². The standard InChI is InChI=1S/C13H8ClF2NO2/c14-11-8(4-3-6-10(11)19-13(15)16)12(18)9-5-1-2-7-17-9/h1-7,13H. The zero-order chi connectivity index (χ0) is 13.8. The van der Waals surface area contributed by atoms with E-state index in [9.17, 15) is 13.6 Å². The van der Waals surface area contributed by atoms with E-state index in [2.05, 4.69) is 9.72 Å². The summed E-state index contributed by atoms with van der Waals surface area (Å²) in [5, 5.41) is -0.154. The van der Waals surface area contributed by atoms with Gasteiger partial charge in [0.15, 0.2) is 0 Å². The molecule has 0 aliphatic rings. The van der Waals surface area contributed by atoms with Crippen molar-refractivity contribution < 1.29 is 18.3 Å². The van der Waals surface area contributed by atoms with Crippen molar-refractivity contribution in [3.63, 3.8) is 0 Å². The van der Waals surface area contributed by atoms with Crippen molar-refractivity contribution in [1.29, 1.82) is 0 Å². The first kappa shape index (κ1) is 13.4. The molecular formula is C13H8ClF2NO2. The topological polar surface area (TPSA) is 39.2 Å². The number of pyridine rings is 1. The van der Waals surface area contributed by atoms with Crippen LogP contribution >= 0.6 is 11.6 Å². The van der Waals surface area contributed by atoms with Crippen LogP contribution in [0.15, 0.2) is 42.6 Å². The van der Waals surface area contributed by atoms with Crippen molar-refractivity contribution in [2.45, 2.75) is 6.61 Å². The van der Waals surface area contributed by atoms with Crippen LogP contribution < -0.4 is 4.74 Å². The molecule has 6 heteroatoms. The molecule has 0 radical (unpaired) electrons. The molecule has 0 saturated heterocycles. The molecule has 0 atom stereocenters. The van der Waals surface area contributed by atoms with Gasteiger partial charge in [0, 0.05) is 11.8 Å². The Morgan fingerprint density at radius 2 is 2.00 bits per heavy atom. The highest BCUT2D eigenvalue weighted by Gasteiger charge is 2.18. The van der Waals surface area contributed by atoms with Crippen molar-refractivity contribution in [3.8, 4) is 5.75 Å².